The first kappa shape index (κ1) is 19.5. The second kappa shape index (κ2) is 8.32. The fraction of sp³-hybridized carbons (Fsp3) is 0.435. The van der Waals surface area contributed by atoms with Gasteiger partial charge in [-0.1, -0.05) is 23.5 Å². The molecule has 2 aromatic carbocycles. The van der Waals surface area contributed by atoms with Crippen LogP contribution in [0.5, 0.6) is 17.2 Å². The molecule has 30 heavy (non-hydrogen) atoms. The Hall–Kier alpha value is -2.51. The first-order valence-electron chi connectivity index (χ1n) is 10.5. The van der Waals surface area contributed by atoms with Gasteiger partial charge in [-0.15, -0.1) is 0 Å². The van der Waals surface area contributed by atoms with E-state index in [0.717, 1.165) is 53.8 Å². The van der Waals surface area contributed by atoms with Crippen molar-refractivity contribution in [1.82, 2.24) is 10.3 Å². The summed E-state index contributed by atoms with van der Waals surface area (Å²) in [6.07, 6.45) is 2.21. The number of benzene rings is 2. The van der Waals surface area contributed by atoms with Gasteiger partial charge in [-0.25, -0.2) is 4.98 Å². The van der Waals surface area contributed by atoms with Crippen molar-refractivity contribution < 1.29 is 14.2 Å². The van der Waals surface area contributed by atoms with Crippen LogP contribution in [0.4, 0.5) is 5.13 Å². The first-order chi connectivity index (χ1) is 14.7. The van der Waals surface area contributed by atoms with Crippen LogP contribution in [0.1, 0.15) is 12.8 Å². The predicted octanol–water partition coefficient (Wildman–Crippen LogP) is 3.95. The quantitative estimate of drug-likeness (QED) is 0.668. The lowest BCUT2D eigenvalue weighted by atomic mass is 9.86. The van der Waals surface area contributed by atoms with E-state index in [0.29, 0.717) is 12.5 Å². The monoisotopic (exact) mass is 425 g/mol. The van der Waals surface area contributed by atoms with Crippen molar-refractivity contribution in [1.29, 1.82) is 0 Å². The zero-order valence-corrected chi connectivity index (χ0v) is 18.2. The van der Waals surface area contributed by atoms with Crippen LogP contribution in [0.2, 0.25) is 0 Å². The highest BCUT2D eigenvalue weighted by Crippen LogP contribution is 2.37. The summed E-state index contributed by atoms with van der Waals surface area (Å²) in [5, 5.41) is 4.64. The minimum Gasteiger partial charge on any atom is -0.497 e. The molecule has 0 saturated carbocycles. The number of nitrogens with one attached hydrogen (secondary N) is 1. The maximum atomic E-state index is 6.32. The van der Waals surface area contributed by atoms with E-state index in [9.17, 15) is 0 Å². The second-order valence-corrected chi connectivity index (χ2v) is 8.89. The van der Waals surface area contributed by atoms with Gasteiger partial charge >= 0.3 is 0 Å². The molecule has 0 spiro atoms. The highest BCUT2D eigenvalue weighted by Gasteiger charge is 2.36. The topological polar surface area (TPSA) is 55.9 Å². The van der Waals surface area contributed by atoms with E-state index in [2.05, 4.69) is 34.5 Å². The molecule has 3 heterocycles. The van der Waals surface area contributed by atoms with Crippen LogP contribution in [-0.2, 0) is 0 Å². The van der Waals surface area contributed by atoms with Gasteiger partial charge in [0.2, 0.25) is 0 Å². The molecule has 5 rings (SSSR count). The lowest BCUT2D eigenvalue weighted by molar-refractivity contribution is 0.0415. The van der Waals surface area contributed by atoms with Gasteiger partial charge in [0.15, 0.2) is 16.6 Å². The van der Waals surface area contributed by atoms with E-state index in [4.69, 9.17) is 19.2 Å². The van der Waals surface area contributed by atoms with Crippen LogP contribution in [0.15, 0.2) is 42.5 Å². The minimum atomic E-state index is -0.00473. The van der Waals surface area contributed by atoms with Gasteiger partial charge in [-0.05, 0) is 50.1 Å². The van der Waals surface area contributed by atoms with Gasteiger partial charge in [0, 0.05) is 19.2 Å². The summed E-state index contributed by atoms with van der Waals surface area (Å²) in [6, 6.07) is 14.3. The van der Waals surface area contributed by atoms with Crippen LogP contribution >= 0.6 is 11.3 Å². The molecule has 2 aliphatic rings. The van der Waals surface area contributed by atoms with Gasteiger partial charge in [-0.2, -0.15) is 0 Å². The number of likely N-dealkylation sites (N-methyl/N-ethyl adjacent to an activating group) is 1. The van der Waals surface area contributed by atoms with E-state index in [1.54, 1.807) is 18.4 Å². The molecule has 0 bridgehead atoms. The third kappa shape index (κ3) is 3.68. The van der Waals surface area contributed by atoms with E-state index in [1.807, 2.05) is 25.2 Å². The molecule has 2 atom stereocenters. The molecular formula is C23H27N3O3S. The van der Waals surface area contributed by atoms with Crippen LogP contribution in [-0.4, -0.2) is 51.0 Å². The maximum absolute atomic E-state index is 6.32. The van der Waals surface area contributed by atoms with Gasteiger partial charge in [0.05, 0.1) is 23.4 Å². The Morgan fingerprint density at radius 2 is 2.00 bits per heavy atom. The molecule has 1 N–H and O–H groups in total. The number of para-hydroxylation sites is 1. The number of aromatic nitrogens is 1. The molecule has 3 aromatic rings. The third-order valence-corrected chi connectivity index (χ3v) is 7.26. The number of fused-ring (bicyclic) bond motifs is 2. The highest BCUT2D eigenvalue weighted by atomic mass is 32.1. The Labute approximate surface area is 180 Å². The summed E-state index contributed by atoms with van der Waals surface area (Å²) < 4.78 is 18.9. The molecule has 6 nitrogen and oxygen atoms in total. The van der Waals surface area contributed by atoms with Crippen molar-refractivity contribution in [2.45, 2.75) is 25.0 Å². The molecule has 0 radical (unpaired) electrons. The molecular weight excluding hydrogens is 398 g/mol. The standard InChI is InChI=1S/C23H27N3O3S/c1-24-22(20-14-28-19-13-16(27-2)7-8-18(19)29-20)15-9-11-26(12-10-15)23-25-17-5-3-4-6-21(17)30-23/h3-8,13,15,20,22,24H,9-12,14H2,1-2H3. The van der Waals surface area contributed by atoms with Gasteiger partial charge in [0.1, 0.15) is 18.5 Å². The van der Waals surface area contributed by atoms with Gasteiger partial charge in [-0.3, -0.25) is 0 Å². The zero-order chi connectivity index (χ0) is 20.5. The van der Waals surface area contributed by atoms with Gasteiger partial charge < -0.3 is 24.4 Å². The Balaban J connectivity index is 1.24. The smallest absolute Gasteiger partial charge is 0.186 e. The molecule has 1 aromatic heterocycles. The summed E-state index contributed by atoms with van der Waals surface area (Å²) in [6.45, 7) is 2.58. The average Bonchev–Trinajstić information content (AvgIpc) is 3.24. The molecule has 2 aliphatic heterocycles. The molecule has 158 valence electrons. The van der Waals surface area contributed by atoms with Crippen molar-refractivity contribution >= 4 is 26.7 Å². The number of hydrogen-bond donors (Lipinski definition) is 1. The van der Waals surface area contributed by atoms with Crippen molar-refractivity contribution in [2.75, 3.05) is 38.8 Å². The average molecular weight is 426 g/mol. The summed E-state index contributed by atoms with van der Waals surface area (Å²) in [5.41, 5.74) is 1.09. The second-order valence-electron chi connectivity index (χ2n) is 7.88. The van der Waals surface area contributed by atoms with E-state index >= 15 is 0 Å². The molecule has 1 saturated heterocycles. The van der Waals surface area contributed by atoms with E-state index in [-0.39, 0.29) is 12.1 Å². The molecule has 2 unspecified atom stereocenters. The molecule has 0 amide bonds. The SMILES string of the molecule is CNC(C1CCN(c2nc3ccccc3s2)CC1)C1COc2cc(OC)ccc2O1. The Kier molecular flexibility index (Phi) is 5.39. The van der Waals surface area contributed by atoms with Crippen molar-refractivity contribution in [3.05, 3.63) is 42.5 Å². The van der Waals surface area contributed by atoms with E-state index in [1.165, 1.54) is 4.70 Å². The zero-order valence-electron chi connectivity index (χ0n) is 17.3. The van der Waals surface area contributed by atoms with Crippen molar-refractivity contribution in [3.63, 3.8) is 0 Å². The highest BCUT2D eigenvalue weighted by molar-refractivity contribution is 7.22. The van der Waals surface area contributed by atoms with Crippen LogP contribution in [0.3, 0.4) is 0 Å². The first-order valence-corrected chi connectivity index (χ1v) is 11.3. The summed E-state index contributed by atoms with van der Waals surface area (Å²) in [7, 11) is 3.68. The number of nitrogens with zero attached hydrogens (tertiary/aromatic N) is 2. The normalized spacial score (nSPS) is 20.3. The Bertz CT molecular complexity index is 983. The molecule has 7 heteroatoms. The Morgan fingerprint density at radius 1 is 1.17 bits per heavy atom. The number of thiazole rings is 1. The molecule has 0 aliphatic carbocycles. The minimum absolute atomic E-state index is 0.00473. The number of piperidine rings is 1. The third-order valence-electron chi connectivity index (χ3n) is 6.17. The molecule has 1 fully saturated rings. The van der Waals surface area contributed by atoms with Crippen molar-refractivity contribution in [3.8, 4) is 17.2 Å². The van der Waals surface area contributed by atoms with Crippen LogP contribution in [0, 0.1) is 5.92 Å². The largest absolute Gasteiger partial charge is 0.497 e. The number of ether oxygens (including phenoxy) is 3. The lowest BCUT2D eigenvalue weighted by Crippen LogP contribution is -2.53. The number of methoxy groups -OCH3 is 1. The fourth-order valence-electron chi connectivity index (χ4n) is 4.54. The maximum Gasteiger partial charge on any atom is 0.186 e. The Morgan fingerprint density at radius 3 is 2.77 bits per heavy atom. The summed E-state index contributed by atoms with van der Waals surface area (Å²) in [4.78, 5) is 7.25. The van der Waals surface area contributed by atoms with E-state index < -0.39 is 0 Å². The predicted molar refractivity (Wildman–Crippen MR) is 120 cm³/mol. The van der Waals surface area contributed by atoms with Crippen LogP contribution in [0.25, 0.3) is 10.2 Å². The number of rotatable bonds is 5. The summed E-state index contributed by atoms with van der Waals surface area (Å²) in [5.74, 6) is 2.86. The van der Waals surface area contributed by atoms with Crippen LogP contribution < -0.4 is 24.4 Å². The summed E-state index contributed by atoms with van der Waals surface area (Å²) >= 11 is 1.79. The lowest BCUT2D eigenvalue weighted by Gasteiger charge is -2.40. The van der Waals surface area contributed by atoms with Crippen molar-refractivity contribution in [2.24, 2.45) is 5.92 Å². The van der Waals surface area contributed by atoms with Gasteiger partial charge in [0.25, 0.3) is 0 Å². The number of hydrogen-bond acceptors (Lipinski definition) is 7. The number of anilines is 1. The fourth-order valence-corrected chi connectivity index (χ4v) is 5.56.